The molecule has 0 aromatic heterocycles. The van der Waals surface area contributed by atoms with Gasteiger partial charge in [-0.25, -0.2) is 8.42 Å². The van der Waals surface area contributed by atoms with E-state index in [0.29, 0.717) is 12.0 Å². The Morgan fingerprint density at radius 1 is 1.35 bits per heavy atom. The summed E-state index contributed by atoms with van der Waals surface area (Å²) in [6.07, 6.45) is 1.32. The molecular formula is C16H21NO5S. The Kier molecular flexibility index (Phi) is 4.20. The lowest BCUT2D eigenvalue weighted by atomic mass is 9.91. The SMILES string of the molecule is CC1C(O)CC2CCC1N2S(=O)(=O)c1cccc(CC(=O)O)c1. The van der Waals surface area contributed by atoms with E-state index in [-0.39, 0.29) is 29.3 Å². The van der Waals surface area contributed by atoms with Crippen LogP contribution in [0.1, 0.15) is 31.7 Å². The lowest BCUT2D eigenvalue weighted by molar-refractivity contribution is -0.136. The molecular weight excluding hydrogens is 318 g/mol. The van der Waals surface area contributed by atoms with E-state index >= 15 is 0 Å². The van der Waals surface area contributed by atoms with Gasteiger partial charge in [0.1, 0.15) is 0 Å². The summed E-state index contributed by atoms with van der Waals surface area (Å²) in [6, 6.07) is 5.80. The maximum Gasteiger partial charge on any atom is 0.307 e. The first-order valence-corrected chi connectivity index (χ1v) is 9.27. The van der Waals surface area contributed by atoms with Crippen LogP contribution in [0, 0.1) is 5.92 Å². The van der Waals surface area contributed by atoms with Crippen molar-refractivity contribution in [3.05, 3.63) is 29.8 Å². The zero-order chi connectivity index (χ0) is 16.8. The van der Waals surface area contributed by atoms with Crippen LogP contribution in [-0.2, 0) is 21.2 Å². The molecule has 0 amide bonds. The van der Waals surface area contributed by atoms with Crippen LogP contribution in [0.2, 0.25) is 0 Å². The van der Waals surface area contributed by atoms with Gasteiger partial charge < -0.3 is 10.2 Å². The molecule has 2 saturated heterocycles. The van der Waals surface area contributed by atoms with Gasteiger partial charge in [0, 0.05) is 12.1 Å². The molecule has 2 bridgehead atoms. The number of hydrogen-bond acceptors (Lipinski definition) is 4. The molecule has 7 heteroatoms. The summed E-state index contributed by atoms with van der Waals surface area (Å²) >= 11 is 0. The number of fused-ring (bicyclic) bond motifs is 2. The van der Waals surface area contributed by atoms with Gasteiger partial charge in [0.15, 0.2) is 0 Å². The smallest absolute Gasteiger partial charge is 0.307 e. The molecule has 0 spiro atoms. The number of nitrogens with zero attached hydrogens (tertiary/aromatic N) is 1. The summed E-state index contributed by atoms with van der Waals surface area (Å²) in [5.41, 5.74) is 0.469. The molecule has 3 rings (SSSR count). The summed E-state index contributed by atoms with van der Waals surface area (Å²) in [5.74, 6) is -1.08. The van der Waals surface area contributed by atoms with Crippen LogP contribution >= 0.6 is 0 Å². The highest BCUT2D eigenvalue weighted by Crippen LogP contribution is 2.42. The van der Waals surface area contributed by atoms with E-state index in [9.17, 15) is 18.3 Å². The van der Waals surface area contributed by atoms with Gasteiger partial charge >= 0.3 is 5.97 Å². The van der Waals surface area contributed by atoms with Gasteiger partial charge in [-0.3, -0.25) is 4.79 Å². The van der Waals surface area contributed by atoms with E-state index in [4.69, 9.17) is 5.11 Å². The number of aliphatic hydroxyl groups excluding tert-OH is 1. The summed E-state index contributed by atoms with van der Waals surface area (Å²) < 4.78 is 27.6. The van der Waals surface area contributed by atoms with Gasteiger partial charge in [-0.05, 0) is 42.9 Å². The first-order valence-electron chi connectivity index (χ1n) is 7.83. The Labute approximate surface area is 135 Å². The molecule has 2 heterocycles. The molecule has 4 unspecified atom stereocenters. The fourth-order valence-electron chi connectivity index (χ4n) is 3.84. The van der Waals surface area contributed by atoms with Crippen molar-refractivity contribution in [1.29, 1.82) is 0 Å². The molecule has 2 N–H and O–H groups in total. The third-order valence-electron chi connectivity index (χ3n) is 5.04. The Bertz CT molecular complexity index is 717. The number of carboxylic acids is 1. The monoisotopic (exact) mass is 339 g/mol. The molecule has 0 saturated carbocycles. The van der Waals surface area contributed by atoms with Crippen molar-refractivity contribution in [2.24, 2.45) is 5.92 Å². The van der Waals surface area contributed by atoms with Crippen LogP contribution in [0.4, 0.5) is 0 Å². The standard InChI is InChI=1S/C16H21NO5S/c1-10-14-6-5-12(9-15(10)18)17(14)23(21,22)13-4-2-3-11(7-13)8-16(19)20/h2-4,7,10,12,14-15,18H,5-6,8-9H2,1H3,(H,19,20). The Balaban J connectivity index is 1.95. The third kappa shape index (κ3) is 2.88. The fraction of sp³-hybridized carbons (Fsp3) is 0.562. The molecule has 1 aromatic rings. The van der Waals surface area contributed by atoms with Gasteiger partial charge in [0.2, 0.25) is 10.0 Å². The topological polar surface area (TPSA) is 94.9 Å². The number of sulfonamides is 1. The third-order valence-corrected chi connectivity index (χ3v) is 7.01. The highest BCUT2D eigenvalue weighted by atomic mass is 32.2. The molecule has 0 aliphatic carbocycles. The molecule has 126 valence electrons. The summed E-state index contributed by atoms with van der Waals surface area (Å²) in [7, 11) is -3.68. The lowest BCUT2D eigenvalue weighted by Gasteiger charge is -2.40. The van der Waals surface area contributed by atoms with Crippen LogP contribution in [0.15, 0.2) is 29.2 Å². The molecule has 6 nitrogen and oxygen atoms in total. The highest BCUT2D eigenvalue weighted by molar-refractivity contribution is 7.89. The average Bonchev–Trinajstić information content (AvgIpc) is 2.84. The predicted octanol–water partition coefficient (Wildman–Crippen LogP) is 1.24. The minimum atomic E-state index is -3.68. The first kappa shape index (κ1) is 16.4. The first-order chi connectivity index (χ1) is 10.8. The highest BCUT2D eigenvalue weighted by Gasteiger charge is 2.50. The number of benzene rings is 1. The van der Waals surface area contributed by atoms with Crippen molar-refractivity contribution in [3.8, 4) is 0 Å². The van der Waals surface area contributed by atoms with Crippen LogP contribution in [0.25, 0.3) is 0 Å². The van der Waals surface area contributed by atoms with E-state index in [1.165, 1.54) is 12.1 Å². The predicted molar refractivity (Wildman–Crippen MR) is 83.4 cm³/mol. The Morgan fingerprint density at radius 3 is 2.78 bits per heavy atom. The molecule has 2 fully saturated rings. The minimum Gasteiger partial charge on any atom is -0.481 e. The number of rotatable bonds is 4. The van der Waals surface area contributed by atoms with Gasteiger partial charge in [0.25, 0.3) is 0 Å². The normalized spacial score (nSPS) is 31.2. The molecule has 0 radical (unpaired) electrons. The van der Waals surface area contributed by atoms with Crippen molar-refractivity contribution in [2.75, 3.05) is 0 Å². The number of hydrogen-bond donors (Lipinski definition) is 2. The van der Waals surface area contributed by atoms with E-state index < -0.39 is 22.1 Å². The van der Waals surface area contributed by atoms with Crippen LogP contribution < -0.4 is 0 Å². The molecule has 2 aliphatic rings. The molecule has 1 aromatic carbocycles. The maximum atomic E-state index is 13.0. The van der Waals surface area contributed by atoms with Crippen LogP contribution in [0.3, 0.4) is 0 Å². The van der Waals surface area contributed by atoms with E-state index in [1.807, 2.05) is 6.92 Å². The number of carbonyl (C=O) groups is 1. The zero-order valence-electron chi connectivity index (χ0n) is 12.9. The average molecular weight is 339 g/mol. The van der Waals surface area contributed by atoms with E-state index in [0.717, 1.165) is 12.8 Å². The largest absolute Gasteiger partial charge is 0.481 e. The quantitative estimate of drug-likeness (QED) is 0.860. The number of piperidine rings is 1. The van der Waals surface area contributed by atoms with Crippen molar-refractivity contribution in [3.63, 3.8) is 0 Å². The van der Waals surface area contributed by atoms with Crippen LogP contribution in [-0.4, -0.2) is 47.1 Å². The van der Waals surface area contributed by atoms with Crippen molar-refractivity contribution < 1.29 is 23.4 Å². The second-order valence-electron chi connectivity index (χ2n) is 6.51. The number of aliphatic carboxylic acids is 1. The Hall–Kier alpha value is -1.44. The van der Waals surface area contributed by atoms with Gasteiger partial charge in [-0.2, -0.15) is 4.31 Å². The van der Waals surface area contributed by atoms with Crippen LogP contribution in [0.5, 0.6) is 0 Å². The molecule has 2 aliphatic heterocycles. The molecule has 23 heavy (non-hydrogen) atoms. The summed E-state index contributed by atoms with van der Waals surface area (Å²) in [4.78, 5) is 11.0. The van der Waals surface area contributed by atoms with E-state index in [1.54, 1.807) is 16.4 Å². The lowest BCUT2D eigenvalue weighted by Crippen LogP contribution is -2.52. The summed E-state index contributed by atoms with van der Waals surface area (Å²) in [5, 5.41) is 18.9. The molecule has 4 atom stereocenters. The second-order valence-corrected chi connectivity index (χ2v) is 8.36. The fourth-order valence-corrected chi connectivity index (χ4v) is 5.87. The van der Waals surface area contributed by atoms with Gasteiger partial charge in [-0.1, -0.05) is 19.1 Å². The zero-order valence-corrected chi connectivity index (χ0v) is 13.7. The Morgan fingerprint density at radius 2 is 2.09 bits per heavy atom. The van der Waals surface area contributed by atoms with Gasteiger partial charge in [0.05, 0.1) is 17.4 Å². The number of aliphatic hydroxyl groups is 1. The van der Waals surface area contributed by atoms with Crippen molar-refractivity contribution in [2.45, 2.75) is 55.7 Å². The van der Waals surface area contributed by atoms with Crippen molar-refractivity contribution >= 4 is 16.0 Å². The number of carboxylic acid groups (broad SMARTS) is 1. The minimum absolute atomic E-state index is 0.0919. The summed E-state index contributed by atoms with van der Waals surface area (Å²) in [6.45, 7) is 1.89. The van der Waals surface area contributed by atoms with E-state index in [2.05, 4.69) is 0 Å². The second kappa shape index (κ2) is 5.89. The van der Waals surface area contributed by atoms with Crippen molar-refractivity contribution in [1.82, 2.24) is 4.31 Å². The maximum absolute atomic E-state index is 13.0. The van der Waals surface area contributed by atoms with Gasteiger partial charge in [-0.15, -0.1) is 0 Å².